The first-order valence-corrected chi connectivity index (χ1v) is 9.74. The molecule has 0 saturated carbocycles. The molecule has 0 aliphatic carbocycles. The van der Waals surface area contributed by atoms with Crippen LogP contribution in [0.3, 0.4) is 0 Å². The molecule has 2 amide bonds. The molecule has 7 heteroatoms. The Kier molecular flexibility index (Phi) is 5.75. The van der Waals surface area contributed by atoms with Gasteiger partial charge in [0.1, 0.15) is 11.4 Å². The number of nitrogens with zero attached hydrogens (tertiary/aromatic N) is 2. The standard InChI is InChI=1S/C24H21N5O2/c25-22-21(16-27-29(22)20-12-5-2-6-13-20)24(31)28-19-11-7-10-18(14-19)23(30)26-15-17-8-3-1-4-9-17/h1-14,16H,15,25H2,(H,26,30)(H,28,31). The van der Waals surface area contributed by atoms with E-state index in [2.05, 4.69) is 15.7 Å². The van der Waals surface area contributed by atoms with Gasteiger partial charge in [0.15, 0.2) is 0 Å². The van der Waals surface area contributed by atoms with E-state index in [0.29, 0.717) is 17.8 Å². The van der Waals surface area contributed by atoms with Gasteiger partial charge in [-0.3, -0.25) is 9.59 Å². The van der Waals surface area contributed by atoms with Crippen LogP contribution < -0.4 is 16.4 Å². The Morgan fingerprint density at radius 1 is 0.871 bits per heavy atom. The Balaban J connectivity index is 1.45. The molecule has 0 spiro atoms. The predicted octanol–water partition coefficient (Wildman–Crippen LogP) is 3.64. The third-order valence-corrected chi connectivity index (χ3v) is 4.73. The highest BCUT2D eigenvalue weighted by Gasteiger charge is 2.17. The monoisotopic (exact) mass is 411 g/mol. The predicted molar refractivity (Wildman–Crippen MR) is 120 cm³/mol. The summed E-state index contributed by atoms with van der Waals surface area (Å²) >= 11 is 0. The van der Waals surface area contributed by atoms with Gasteiger partial charge < -0.3 is 16.4 Å². The molecule has 4 aromatic rings. The van der Waals surface area contributed by atoms with Crippen molar-refractivity contribution in [3.63, 3.8) is 0 Å². The lowest BCUT2D eigenvalue weighted by Gasteiger charge is -2.09. The highest BCUT2D eigenvalue weighted by molar-refractivity contribution is 6.07. The molecule has 0 aliphatic heterocycles. The van der Waals surface area contributed by atoms with Crippen LogP contribution in [-0.2, 0) is 6.54 Å². The topological polar surface area (TPSA) is 102 Å². The molecule has 4 rings (SSSR count). The number of carbonyl (C=O) groups is 2. The third kappa shape index (κ3) is 4.62. The molecular weight excluding hydrogens is 390 g/mol. The van der Waals surface area contributed by atoms with E-state index in [1.54, 1.807) is 24.3 Å². The summed E-state index contributed by atoms with van der Waals surface area (Å²) in [5.41, 5.74) is 9.09. The average molecular weight is 411 g/mol. The maximum absolute atomic E-state index is 12.7. The van der Waals surface area contributed by atoms with Crippen LogP contribution in [0.5, 0.6) is 0 Å². The van der Waals surface area contributed by atoms with Crippen LogP contribution in [0.15, 0.2) is 91.1 Å². The maximum atomic E-state index is 12.7. The van der Waals surface area contributed by atoms with Gasteiger partial charge in [-0.1, -0.05) is 54.6 Å². The number of rotatable bonds is 6. The summed E-state index contributed by atoms with van der Waals surface area (Å²) in [6, 6.07) is 25.7. The molecule has 0 aliphatic rings. The van der Waals surface area contributed by atoms with Crippen LogP contribution in [0.1, 0.15) is 26.3 Å². The van der Waals surface area contributed by atoms with Gasteiger partial charge in [0.25, 0.3) is 11.8 Å². The van der Waals surface area contributed by atoms with Crippen molar-refractivity contribution in [1.82, 2.24) is 15.1 Å². The first-order valence-electron chi connectivity index (χ1n) is 9.74. The molecule has 0 unspecified atom stereocenters. The smallest absolute Gasteiger partial charge is 0.261 e. The first-order chi connectivity index (χ1) is 15.1. The molecule has 154 valence electrons. The van der Waals surface area contributed by atoms with Gasteiger partial charge in [-0.2, -0.15) is 5.10 Å². The summed E-state index contributed by atoms with van der Waals surface area (Å²) in [6.45, 7) is 0.422. The lowest BCUT2D eigenvalue weighted by atomic mass is 10.1. The number of aromatic nitrogens is 2. The summed E-state index contributed by atoms with van der Waals surface area (Å²) in [7, 11) is 0. The molecule has 0 bridgehead atoms. The van der Waals surface area contributed by atoms with Crippen LogP contribution >= 0.6 is 0 Å². The molecule has 0 saturated heterocycles. The molecule has 0 radical (unpaired) electrons. The Bertz CT molecular complexity index is 1200. The summed E-state index contributed by atoms with van der Waals surface area (Å²) in [5.74, 6) is -0.390. The van der Waals surface area contributed by atoms with E-state index >= 15 is 0 Å². The minimum atomic E-state index is -0.401. The Morgan fingerprint density at radius 3 is 2.32 bits per heavy atom. The molecular formula is C24H21N5O2. The lowest BCUT2D eigenvalue weighted by molar-refractivity contribution is 0.0949. The highest BCUT2D eigenvalue weighted by Crippen LogP contribution is 2.19. The fourth-order valence-corrected chi connectivity index (χ4v) is 3.12. The summed E-state index contributed by atoms with van der Waals surface area (Å²) in [4.78, 5) is 25.2. The zero-order valence-corrected chi connectivity index (χ0v) is 16.7. The van der Waals surface area contributed by atoms with Gasteiger partial charge in [-0.05, 0) is 35.9 Å². The van der Waals surface area contributed by atoms with E-state index in [4.69, 9.17) is 5.73 Å². The van der Waals surface area contributed by atoms with E-state index in [-0.39, 0.29) is 17.3 Å². The van der Waals surface area contributed by atoms with Crippen molar-refractivity contribution in [2.45, 2.75) is 6.54 Å². The van der Waals surface area contributed by atoms with Crippen molar-refractivity contribution in [3.05, 3.63) is 108 Å². The number of anilines is 2. The summed E-state index contributed by atoms with van der Waals surface area (Å²) in [6.07, 6.45) is 1.42. The number of nitrogens with one attached hydrogen (secondary N) is 2. The lowest BCUT2D eigenvalue weighted by Crippen LogP contribution is -2.23. The fourth-order valence-electron chi connectivity index (χ4n) is 3.12. The summed E-state index contributed by atoms with van der Waals surface area (Å²) < 4.78 is 1.50. The number of nitrogens with two attached hydrogens (primary N) is 1. The second-order valence-electron chi connectivity index (χ2n) is 6.89. The number of amides is 2. The molecule has 31 heavy (non-hydrogen) atoms. The fraction of sp³-hybridized carbons (Fsp3) is 0.0417. The number of hydrogen-bond acceptors (Lipinski definition) is 4. The molecule has 4 N–H and O–H groups in total. The van der Waals surface area contributed by atoms with Crippen molar-refractivity contribution >= 4 is 23.3 Å². The van der Waals surface area contributed by atoms with Crippen LogP contribution in [-0.4, -0.2) is 21.6 Å². The first kappa shape index (κ1) is 19.9. The Hall–Kier alpha value is -4.39. The normalized spacial score (nSPS) is 10.5. The third-order valence-electron chi connectivity index (χ3n) is 4.73. The van der Waals surface area contributed by atoms with Gasteiger partial charge in [-0.25, -0.2) is 4.68 Å². The quantitative estimate of drug-likeness (QED) is 0.451. The van der Waals surface area contributed by atoms with Crippen LogP contribution in [0.2, 0.25) is 0 Å². The number of para-hydroxylation sites is 1. The summed E-state index contributed by atoms with van der Waals surface area (Å²) in [5, 5.41) is 9.87. The van der Waals surface area contributed by atoms with Gasteiger partial charge in [0, 0.05) is 17.8 Å². The number of carbonyl (C=O) groups excluding carboxylic acids is 2. The molecule has 0 fully saturated rings. The van der Waals surface area contributed by atoms with E-state index in [9.17, 15) is 9.59 Å². The molecule has 0 atom stereocenters. The van der Waals surface area contributed by atoms with E-state index in [1.165, 1.54) is 10.9 Å². The van der Waals surface area contributed by atoms with Crippen LogP contribution in [0, 0.1) is 0 Å². The number of nitrogen functional groups attached to an aromatic ring is 1. The van der Waals surface area contributed by atoms with E-state index < -0.39 is 5.91 Å². The zero-order valence-electron chi connectivity index (χ0n) is 16.7. The van der Waals surface area contributed by atoms with Crippen molar-refractivity contribution in [2.75, 3.05) is 11.1 Å². The van der Waals surface area contributed by atoms with Gasteiger partial charge in [0.05, 0.1) is 11.9 Å². The van der Waals surface area contributed by atoms with Gasteiger partial charge in [0.2, 0.25) is 0 Å². The van der Waals surface area contributed by atoms with Crippen molar-refractivity contribution in [2.24, 2.45) is 0 Å². The largest absolute Gasteiger partial charge is 0.383 e. The second-order valence-corrected chi connectivity index (χ2v) is 6.89. The van der Waals surface area contributed by atoms with Crippen LogP contribution in [0.25, 0.3) is 5.69 Å². The number of hydrogen-bond donors (Lipinski definition) is 3. The van der Waals surface area contributed by atoms with Gasteiger partial charge in [-0.15, -0.1) is 0 Å². The molecule has 7 nitrogen and oxygen atoms in total. The maximum Gasteiger partial charge on any atom is 0.261 e. The Morgan fingerprint density at radius 2 is 1.58 bits per heavy atom. The minimum Gasteiger partial charge on any atom is -0.383 e. The molecule has 1 aromatic heterocycles. The Labute approximate surface area is 179 Å². The van der Waals surface area contributed by atoms with Crippen molar-refractivity contribution in [3.8, 4) is 5.69 Å². The highest BCUT2D eigenvalue weighted by atomic mass is 16.2. The average Bonchev–Trinajstić information content (AvgIpc) is 3.20. The molecule has 1 heterocycles. The minimum absolute atomic E-state index is 0.226. The second kappa shape index (κ2) is 8.96. The SMILES string of the molecule is Nc1c(C(=O)Nc2cccc(C(=O)NCc3ccccc3)c2)cnn1-c1ccccc1. The van der Waals surface area contributed by atoms with Crippen molar-refractivity contribution in [1.29, 1.82) is 0 Å². The van der Waals surface area contributed by atoms with E-state index in [1.807, 2.05) is 60.7 Å². The number of benzene rings is 3. The van der Waals surface area contributed by atoms with Crippen LogP contribution in [0.4, 0.5) is 11.5 Å². The van der Waals surface area contributed by atoms with E-state index in [0.717, 1.165) is 11.3 Å². The van der Waals surface area contributed by atoms with Gasteiger partial charge >= 0.3 is 0 Å². The van der Waals surface area contributed by atoms with Crippen molar-refractivity contribution < 1.29 is 9.59 Å². The molecule has 3 aromatic carbocycles. The zero-order chi connectivity index (χ0) is 21.6.